The zero-order valence-corrected chi connectivity index (χ0v) is 16.7. The monoisotopic (exact) mass is 414 g/mol. The molecular formula is C23H24F2N2O3. The van der Waals surface area contributed by atoms with E-state index in [0.717, 1.165) is 11.3 Å². The van der Waals surface area contributed by atoms with Crippen LogP contribution in [0.3, 0.4) is 0 Å². The molecule has 1 heterocycles. The summed E-state index contributed by atoms with van der Waals surface area (Å²) in [6, 6.07) is 13.2. The van der Waals surface area contributed by atoms with Crippen LogP contribution < -0.4 is 10.1 Å². The Morgan fingerprint density at radius 3 is 2.47 bits per heavy atom. The van der Waals surface area contributed by atoms with Gasteiger partial charge >= 0.3 is 0 Å². The second kappa shape index (κ2) is 8.05. The van der Waals surface area contributed by atoms with Crippen molar-refractivity contribution in [2.75, 3.05) is 7.11 Å². The molecule has 5 nitrogen and oxygen atoms in total. The van der Waals surface area contributed by atoms with E-state index in [0.29, 0.717) is 17.7 Å². The molecule has 0 spiro atoms. The number of benzene rings is 2. The van der Waals surface area contributed by atoms with Crippen molar-refractivity contribution in [3.8, 4) is 5.75 Å². The van der Waals surface area contributed by atoms with Gasteiger partial charge in [-0.1, -0.05) is 30.3 Å². The highest BCUT2D eigenvalue weighted by molar-refractivity contribution is 6.04. The van der Waals surface area contributed by atoms with Gasteiger partial charge in [-0.3, -0.25) is 9.59 Å². The Kier molecular flexibility index (Phi) is 5.45. The molecule has 1 aliphatic carbocycles. The molecule has 4 rings (SSSR count). The van der Waals surface area contributed by atoms with Crippen LogP contribution in [0.4, 0.5) is 8.78 Å². The van der Waals surface area contributed by atoms with Gasteiger partial charge in [0.1, 0.15) is 11.8 Å². The summed E-state index contributed by atoms with van der Waals surface area (Å²) in [6.07, 6.45) is -0.153. The minimum Gasteiger partial charge on any atom is -0.497 e. The van der Waals surface area contributed by atoms with Crippen molar-refractivity contribution in [3.63, 3.8) is 0 Å². The molecule has 1 aliphatic heterocycles. The lowest BCUT2D eigenvalue weighted by Crippen LogP contribution is -2.47. The van der Waals surface area contributed by atoms with Crippen LogP contribution in [0.15, 0.2) is 48.5 Å². The third-order valence-electron chi connectivity index (χ3n) is 5.95. The number of carbonyl (C=O) groups excluding carboxylic acids is 2. The Labute approximate surface area is 174 Å². The molecule has 2 aromatic carbocycles. The Hall–Kier alpha value is -2.96. The highest BCUT2D eigenvalue weighted by Gasteiger charge is 2.47. The maximum Gasteiger partial charge on any atom is 0.255 e. The molecule has 0 bridgehead atoms. The first-order valence-corrected chi connectivity index (χ1v) is 10.1. The second-order valence-corrected chi connectivity index (χ2v) is 7.86. The van der Waals surface area contributed by atoms with Gasteiger partial charge in [0.15, 0.2) is 0 Å². The molecule has 1 fully saturated rings. The van der Waals surface area contributed by atoms with Crippen LogP contribution in [0.2, 0.25) is 0 Å². The molecule has 7 heteroatoms. The Balaban J connectivity index is 1.54. The van der Waals surface area contributed by atoms with Crippen molar-refractivity contribution in [1.29, 1.82) is 0 Å². The largest absolute Gasteiger partial charge is 0.497 e. The number of halogens is 2. The first kappa shape index (κ1) is 20.3. The van der Waals surface area contributed by atoms with E-state index >= 15 is 0 Å². The average molecular weight is 414 g/mol. The number of alkyl halides is 2. The van der Waals surface area contributed by atoms with Crippen molar-refractivity contribution >= 4 is 11.8 Å². The van der Waals surface area contributed by atoms with Gasteiger partial charge < -0.3 is 15.0 Å². The van der Waals surface area contributed by atoms with Crippen LogP contribution in [0, 0.1) is 0 Å². The number of carbonyl (C=O) groups is 2. The SMILES string of the molecule is COc1ccc(CNC(=O)C2c3ccccc3C(=O)N2C2CCC(F)(F)CC2)cc1. The van der Waals surface area contributed by atoms with Crippen LogP contribution in [0.1, 0.15) is 53.2 Å². The molecule has 1 unspecified atom stereocenters. The summed E-state index contributed by atoms with van der Waals surface area (Å²) < 4.78 is 32.4. The third-order valence-corrected chi connectivity index (χ3v) is 5.95. The van der Waals surface area contributed by atoms with Crippen LogP contribution in [-0.4, -0.2) is 35.8 Å². The molecule has 0 saturated heterocycles. The molecule has 30 heavy (non-hydrogen) atoms. The van der Waals surface area contributed by atoms with Crippen LogP contribution >= 0.6 is 0 Å². The molecular weight excluding hydrogens is 390 g/mol. The summed E-state index contributed by atoms with van der Waals surface area (Å²) in [5.41, 5.74) is 2.00. The zero-order chi connectivity index (χ0) is 21.3. The van der Waals surface area contributed by atoms with Crippen molar-refractivity contribution in [3.05, 3.63) is 65.2 Å². The van der Waals surface area contributed by atoms with E-state index < -0.39 is 12.0 Å². The fraction of sp³-hybridized carbons (Fsp3) is 0.391. The average Bonchev–Trinajstić information content (AvgIpc) is 3.05. The van der Waals surface area contributed by atoms with Gasteiger partial charge in [0.25, 0.3) is 5.91 Å². The van der Waals surface area contributed by atoms with Gasteiger partial charge in [0.05, 0.1) is 7.11 Å². The van der Waals surface area contributed by atoms with Gasteiger partial charge in [0, 0.05) is 31.0 Å². The number of amides is 2. The van der Waals surface area contributed by atoms with Crippen LogP contribution in [-0.2, 0) is 11.3 Å². The number of hydrogen-bond acceptors (Lipinski definition) is 3. The van der Waals surface area contributed by atoms with E-state index in [4.69, 9.17) is 4.74 Å². The zero-order valence-electron chi connectivity index (χ0n) is 16.7. The molecule has 0 radical (unpaired) electrons. The predicted octanol–water partition coefficient (Wildman–Crippen LogP) is 4.09. The minimum absolute atomic E-state index is 0.189. The lowest BCUT2D eigenvalue weighted by Gasteiger charge is -2.37. The van der Waals surface area contributed by atoms with E-state index in [2.05, 4.69) is 5.32 Å². The van der Waals surface area contributed by atoms with Crippen LogP contribution in [0.5, 0.6) is 5.75 Å². The molecule has 2 aromatic rings. The summed E-state index contributed by atoms with van der Waals surface area (Å²) in [5, 5.41) is 2.90. The quantitative estimate of drug-likeness (QED) is 0.802. The fourth-order valence-corrected chi connectivity index (χ4v) is 4.31. The summed E-state index contributed by atoms with van der Waals surface area (Å²) in [4.78, 5) is 27.7. The molecule has 1 atom stereocenters. The number of nitrogens with zero attached hydrogens (tertiary/aromatic N) is 1. The standard InChI is InChI=1S/C23H24F2N2O3/c1-30-17-8-6-15(7-9-17)14-26-21(28)20-18-4-2-3-5-19(18)22(29)27(20)16-10-12-23(24,25)13-11-16/h2-9,16,20H,10-14H2,1H3,(H,26,28). The molecule has 1 saturated carbocycles. The van der Waals surface area contributed by atoms with E-state index in [9.17, 15) is 18.4 Å². The summed E-state index contributed by atoms with van der Waals surface area (Å²) in [6.45, 7) is 0.298. The smallest absolute Gasteiger partial charge is 0.255 e. The fourth-order valence-electron chi connectivity index (χ4n) is 4.31. The van der Waals surface area contributed by atoms with E-state index in [1.54, 1.807) is 31.4 Å². The van der Waals surface area contributed by atoms with Crippen molar-refractivity contribution < 1.29 is 23.1 Å². The first-order valence-electron chi connectivity index (χ1n) is 10.1. The lowest BCUT2D eigenvalue weighted by molar-refractivity contribution is -0.127. The molecule has 2 amide bonds. The number of fused-ring (bicyclic) bond motifs is 1. The molecule has 0 aromatic heterocycles. The number of hydrogen-bond donors (Lipinski definition) is 1. The number of rotatable bonds is 5. The van der Waals surface area contributed by atoms with Gasteiger partial charge in [-0.2, -0.15) is 0 Å². The maximum absolute atomic E-state index is 13.7. The topological polar surface area (TPSA) is 58.6 Å². The minimum atomic E-state index is -2.70. The Morgan fingerprint density at radius 2 is 1.80 bits per heavy atom. The first-order chi connectivity index (χ1) is 14.4. The van der Waals surface area contributed by atoms with Crippen molar-refractivity contribution in [1.82, 2.24) is 10.2 Å². The van der Waals surface area contributed by atoms with Gasteiger partial charge in [-0.15, -0.1) is 0 Å². The Morgan fingerprint density at radius 1 is 1.13 bits per heavy atom. The normalized spacial score (nSPS) is 20.7. The summed E-state index contributed by atoms with van der Waals surface area (Å²) >= 11 is 0. The highest BCUT2D eigenvalue weighted by atomic mass is 19.3. The van der Waals surface area contributed by atoms with E-state index in [1.165, 1.54) is 4.90 Å². The Bertz CT molecular complexity index is 936. The number of nitrogens with one attached hydrogen (secondary N) is 1. The van der Waals surface area contributed by atoms with Crippen LogP contribution in [0.25, 0.3) is 0 Å². The molecule has 1 N–H and O–H groups in total. The van der Waals surface area contributed by atoms with E-state index in [-0.39, 0.29) is 43.5 Å². The molecule has 2 aliphatic rings. The third kappa shape index (κ3) is 3.88. The van der Waals surface area contributed by atoms with E-state index in [1.807, 2.05) is 24.3 Å². The number of methoxy groups -OCH3 is 1. The predicted molar refractivity (Wildman–Crippen MR) is 107 cm³/mol. The van der Waals surface area contributed by atoms with Crippen molar-refractivity contribution in [2.24, 2.45) is 0 Å². The van der Waals surface area contributed by atoms with Gasteiger partial charge in [-0.25, -0.2) is 8.78 Å². The summed E-state index contributed by atoms with van der Waals surface area (Å²) in [7, 11) is 1.58. The lowest BCUT2D eigenvalue weighted by atomic mass is 9.90. The number of ether oxygens (including phenoxy) is 1. The molecule has 158 valence electrons. The summed E-state index contributed by atoms with van der Waals surface area (Å²) in [5.74, 6) is -2.54. The highest BCUT2D eigenvalue weighted by Crippen LogP contribution is 2.42. The second-order valence-electron chi connectivity index (χ2n) is 7.86. The van der Waals surface area contributed by atoms with Gasteiger partial charge in [0.2, 0.25) is 11.8 Å². The van der Waals surface area contributed by atoms with Gasteiger partial charge in [-0.05, 0) is 42.2 Å². The van der Waals surface area contributed by atoms with Crippen molar-refractivity contribution in [2.45, 2.75) is 50.2 Å². The maximum atomic E-state index is 13.7.